The Morgan fingerprint density at radius 2 is 0.982 bits per heavy atom. The molecule has 56 heavy (non-hydrogen) atoms. The summed E-state index contributed by atoms with van der Waals surface area (Å²) in [5.74, 6) is 0.723. The molecule has 0 spiro atoms. The van der Waals surface area contributed by atoms with Crippen LogP contribution >= 0.6 is 0 Å². The average Bonchev–Trinajstić information content (AvgIpc) is 3.61. The highest BCUT2D eigenvalue weighted by molar-refractivity contribution is 6.00. The fourth-order valence-corrected chi connectivity index (χ4v) is 9.78. The first-order valence-electron chi connectivity index (χ1n) is 19.7. The second kappa shape index (κ2) is 11.9. The number of hydrogen-bond donors (Lipinski definition) is 0. The van der Waals surface area contributed by atoms with Crippen LogP contribution in [0.25, 0.3) is 88.8 Å². The van der Waals surface area contributed by atoms with Gasteiger partial charge in [-0.3, -0.25) is 0 Å². The van der Waals surface area contributed by atoms with E-state index in [0.717, 1.165) is 33.9 Å². The molecule has 0 radical (unpaired) electrons. The summed E-state index contributed by atoms with van der Waals surface area (Å²) in [4.78, 5) is 10.5. The predicted molar refractivity (Wildman–Crippen MR) is 234 cm³/mol. The highest BCUT2D eigenvalue weighted by Crippen LogP contribution is 2.54. The summed E-state index contributed by atoms with van der Waals surface area (Å²) in [6.07, 6.45) is 0. The third-order valence-corrected chi connectivity index (χ3v) is 12.6. The van der Waals surface area contributed by atoms with Crippen LogP contribution in [0, 0.1) is 0 Å². The quantitative estimate of drug-likeness (QED) is 0.181. The topological polar surface area (TPSA) is 25.8 Å². The maximum Gasteiger partial charge on any atom is 0.160 e. The van der Waals surface area contributed by atoms with Gasteiger partial charge < -0.3 is 0 Å². The summed E-state index contributed by atoms with van der Waals surface area (Å²) in [7, 11) is 0. The van der Waals surface area contributed by atoms with E-state index in [9.17, 15) is 0 Å². The Morgan fingerprint density at radius 1 is 0.357 bits per heavy atom. The number of hydrogen-bond acceptors (Lipinski definition) is 2. The Balaban J connectivity index is 1.06. The molecule has 0 aliphatic heterocycles. The second-order valence-corrected chi connectivity index (χ2v) is 16.6. The zero-order valence-corrected chi connectivity index (χ0v) is 32.1. The van der Waals surface area contributed by atoms with Crippen LogP contribution < -0.4 is 0 Å². The zero-order chi connectivity index (χ0) is 37.8. The molecule has 2 nitrogen and oxygen atoms in total. The van der Waals surface area contributed by atoms with E-state index in [-0.39, 0.29) is 10.8 Å². The molecule has 2 aliphatic rings. The lowest BCUT2D eigenvalue weighted by molar-refractivity contribution is 0.661. The molecule has 0 amide bonds. The standard InChI is InChI=1S/C54H40N2/c1-53(2)45-23-13-22-40(50(45)44-29-35-17-8-9-18-36(35)30-47(44)53)37-19-12-20-38(28-37)48-32-49(56-52(55-48)34-15-6-5-7-16-34)39-25-26-42-43-27-24-33-14-10-11-21-41(33)51(43)54(3,4)46(42)31-39/h5-32H,1-4H3. The molecule has 1 aromatic heterocycles. The third-order valence-electron chi connectivity index (χ3n) is 12.6. The van der Waals surface area contributed by atoms with Crippen molar-refractivity contribution in [2.45, 2.75) is 38.5 Å². The molecule has 266 valence electrons. The van der Waals surface area contributed by atoms with Gasteiger partial charge in [0.2, 0.25) is 0 Å². The normalized spacial score (nSPS) is 14.4. The maximum absolute atomic E-state index is 5.26. The number of benzene rings is 8. The molecular formula is C54H40N2. The summed E-state index contributed by atoms with van der Waals surface area (Å²) in [5.41, 5.74) is 17.9. The Bertz CT molecular complexity index is 3080. The minimum atomic E-state index is -0.163. The summed E-state index contributed by atoms with van der Waals surface area (Å²) < 4.78 is 0. The van der Waals surface area contributed by atoms with Crippen molar-refractivity contribution < 1.29 is 0 Å². The van der Waals surface area contributed by atoms with Crippen molar-refractivity contribution in [1.82, 2.24) is 9.97 Å². The van der Waals surface area contributed by atoms with E-state index in [0.29, 0.717) is 0 Å². The van der Waals surface area contributed by atoms with E-state index in [1.165, 1.54) is 77.2 Å². The van der Waals surface area contributed by atoms with E-state index in [1.54, 1.807) is 0 Å². The van der Waals surface area contributed by atoms with Gasteiger partial charge in [-0.05, 0) is 108 Å². The van der Waals surface area contributed by atoms with Crippen molar-refractivity contribution >= 4 is 21.5 Å². The van der Waals surface area contributed by atoms with Crippen molar-refractivity contribution in [1.29, 1.82) is 0 Å². The van der Waals surface area contributed by atoms with E-state index in [2.05, 4.69) is 191 Å². The summed E-state index contributed by atoms with van der Waals surface area (Å²) in [6.45, 7) is 9.45. The lowest BCUT2D eigenvalue weighted by atomic mass is 9.80. The molecule has 0 saturated heterocycles. The number of nitrogens with zero attached hydrogens (tertiary/aromatic N) is 2. The summed E-state index contributed by atoms with van der Waals surface area (Å²) in [5, 5.41) is 5.17. The van der Waals surface area contributed by atoms with Crippen LogP contribution in [-0.4, -0.2) is 9.97 Å². The molecular weight excluding hydrogens is 677 g/mol. The van der Waals surface area contributed by atoms with Crippen molar-refractivity contribution in [2.75, 3.05) is 0 Å². The molecule has 1 heterocycles. The van der Waals surface area contributed by atoms with Gasteiger partial charge in [0.05, 0.1) is 11.4 Å². The first kappa shape index (κ1) is 32.8. The van der Waals surface area contributed by atoms with Crippen LogP contribution in [0.1, 0.15) is 49.9 Å². The first-order chi connectivity index (χ1) is 27.3. The van der Waals surface area contributed by atoms with Gasteiger partial charge in [0.25, 0.3) is 0 Å². The Kier molecular flexibility index (Phi) is 6.98. The largest absolute Gasteiger partial charge is 0.228 e. The van der Waals surface area contributed by atoms with Gasteiger partial charge in [-0.2, -0.15) is 0 Å². The minimum absolute atomic E-state index is 0.104. The van der Waals surface area contributed by atoms with E-state index in [4.69, 9.17) is 9.97 Å². The molecule has 0 fully saturated rings. The maximum atomic E-state index is 5.26. The molecule has 8 aromatic carbocycles. The van der Waals surface area contributed by atoms with Crippen LogP contribution in [-0.2, 0) is 10.8 Å². The van der Waals surface area contributed by atoms with Crippen LogP contribution in [0.15, 0.2) is 170 Å². The zero-order valence-electron chi connectivity index (χ0n) is 32.1. The second-order valence-electron chi connectivity index (χ2n) is 16.6. The van der Waals surface area contributed by atoms with Gasteiger partial charge >= 0.3 is 0 Å². The van der Waals surface area contributed by atoms with Crippen molar-refractivity contribution in [3.63, 3.8) is 0 Å². The molecule has 0 unspecified atom stereocenters. The van der Waals surface area contributed by atoms with Crippen LogP contribution in [0.4, 0.5) is 0 Å². The fraction of sp³-hybridized carbons (Fsp3) is 0.111. The van der Waals surface area contributed by atoms with E-state index >= 15 is 0 Å². The van der Waals surface area contributed by atoms with Gasteiger partial charge in [-0.25, -0.2) is 9.97 Å². The first-order valence-corrected chi connectivity index (χ1v) is 19.7. The molecule has 2 aliphatic carbocycles. The van der Waals surface area contributed by atoms with Crippen LogP contribution in [0.3, 0.4) is 0 Å². The predicted octanol–water partition coefficient (Wildman–Crippen LogP) is 14.1. The molecule has 11 rings (SSSR count). The van der Waals surface area contributed by atoms with Gasteiger partial charge in [-0.15, -0.1) is 0 Å². The lowest BCUT2D eigenvalue weighted by Gasteiger charge is -2.23. The molecule has 0 N–H and O–H groups in total. The van der Waals surface area contributed by atoms with E-state index in [1.807, 2.05) is 6.07 Å². The molecule has 0 bridgehead atoms. The number of aromatic nitrogens is 2. The van der Waals surface area contributed by atoms with Crippen molar-refractivity contribution in [3.05, 3.63) is 192 Å². The highest BCUT2D eigenvalue weighted by atomic mass is 14.9. The Morgan fingerprint density at radius 3 is 1.79 bits per heavy atom. The Labute approximate surface area is 328 Å². The van der Waals surface area contributed by atoms with Gasteiger partial charge in [0.15, 0.2) is 5.82 Å². The van der Waals surface area contributed by atoms with Gasteiger partial charge in [-0.1, -0.05) is 167 Å². The van der Waals surface area contributed by atoms with Crippen LogP contribution in [0.5, 0.6) is 0 Å². The minimum Gasteiger partial charge on any atom is -0.228 e. The van der Waals surface area contributed by atoms with Gasteiger partial charge in [0.1, 0.15) is 0 Å². The van der Waals surface area contributed by atoms with Gasteiger partial charge in [0, 0.05) is 27.5 Å². The lowest BCUT2D eigenvalue weighted by Crippen LogP contribution is -2.15. The monoisotopic (exact) mass is 716 g/mol. The smallest absolute Gasteiger partial charge is 0.160 e. The third kappa shape index (κ3) is 4.82. The summed E-state index contributed by atoms with van der Waals surface area (Å²) in [6, 6.07) is 62.1. The van der Waals surface area contributed by atoms with Crippen molar-refractivity contribution in [2.24, 2.45) is 0 Å². The van der Waals surface area contributed by atoms with Crippen LogP contribution in [0.2, 0.25) is 0 Å². The highest BCUT2D eigenvalue weighted by Gasteiger charge is 2.38. The van der Waals surface area contributed by atoms with Crippen molar-refractivity contribution in [3.8, 4) is 67.3 Å². The molecule has 0 saturated carbocycles. The summed E-state index contributed by atoms with van der Waals surface area (Å²) >= 11 is 0. The number of fused-ring (bicyclic) bond motifs is 9. The number of rotatable bonds is 4. The molecule has 0 atom stereocenters. The average molecular weight is 717 g/mol. The molecule has 9 aromatic rings. The fourth-order valence-electron chi connectivity index (χ4n) is 9.78. The molecule has 2 heteroatoms. The Hall–Kier alpha value is -6.64. The SMILES string of the molecule is CC1(C)c2cc3ccccc3cc2-c2c(-c3cccc(-c4cc(-c5ccc6c(c5)C(C)(C)c5c-6ccc6ccccc56)nc(-c5ccccc5)n4)c3)cccc21. The van der Waals surface area contributed by atoms with E-state index < -0.39 is 0 Å².